The number of hydrogen-bond donors (Lipinski definition) is 2. The van der Waals surface area contributed by atoms with Gasteiger partial charge in [-0.25, -0.2) is 19.4 Å². The number of nitrogens with zero attached hydrogens (tertiary/aromatic N) is 5. The maximum absolute atomic E-state index is 12.1. The van der Waals surface area contributed by atoms with Gasteiger partial charge >= 0.3 is 6.03 Å². The first-order chi connectivity index (χ1) is 13.3. The Hall–Kier alpha value is -3.07. The predicted molar refractivity (Wildman–Crippen MR) is 108 cm³/mol. The molecule has 1 aliphatic heterocycles. The highest BCUT2D eigenvalue weighted by molar-refractivity contribution is 7.99. The molecule has 3 aromatic rings. The van der Waals surface area contributed by atoms with Crippen LogP contribution in [0.3, 0.4) is 0 Å². The Morgan fingerprint density at radius 2 is 1.81 bits per heavy atom. The average Bonchev–Trinajstić information content (AvgIpc) is 3.17. The quantitative estimate of drug-likeness (QED) is 0.723. The highest BCUT2D eigenvalue weighted by Gasteiger charge is 2.17. The van der Waals surface area contributed by atoms with Crippen molar-refractivity contribution in [2.75, 3.05) is 40.1 Å². The minimum absolute atomic E-state index is 0.322. The Morgan fingerprint density at radius 1 is 1.04 bits per heavy atom. The lowest BCUT2D eigenvalue weighted by molar-refractivity contribution is 0.262. The first-order valence-electron chi connectivity index (χ1n) is 8.60. The molecular formula is C18H19N7OS. The van der Waals surface area contributed by atoms with Crippen molar-refractivity contribution in [3.63, 3.8) is 0 Å². The summed E-state index contributed by atoms with van der Waals surface area (Å²) in [6, 6.07) is 8.96. The number of carbonyl (C=O) groups is 1. The van der Waals surface area contributed by atoms with Crippen molar-refractivity contribution < 1.29 is 4.79 Å². The van der Waals surface area contributed by atoms with Gasteiger partial charge in [-0.3, -0.25) is 0 Å². The van der Waals surface area contributed by atoms with Crippen LogP contribution in [0.4, 0.5) is 21.9 Å². The van der Waals surface area contributed by atoms with E-state index in [2.05, 4.69) is 30.6 Å². The van der Waals surface area contributed by atoms with Gasteiger partial charge in [0.05, 0.1) is 24.3 Å². The third kappa shape index (κ3) is 4.20. The van der Waals surface area contributed by atoms with E-state index in [4.69, 9.17) is 0 Å². The fourth-order valence-corrected chi connectivity index (χ4v) is 3.74. The number of anilines is 3. The van der Waals surface area contributed by atoms with Gasteiger partial charge in [-0.1, -0.05) is 18.2 Å². The molecule has 0 spiro atoms. The molecule has 1 aromatic carbocycles. The van der Waals surface area contributed by atoms with E-state index < -0.39 is 0 Å². The third-order valence-corrected chi connectivity index (χ3v) is 5.06. The highest BCUT2D eigenvalue weighted by Crippen LogP contribution is 2.24. The first-order valence-corrected chi connectivity index (χ1v) is 9.76. The molecule has 0 saturated carbocycles. The summed E-state index contributed by atoms with van der Waals surface area (Å²) in [4.78, 5) is 23.0. The second-order valence-corrected chi connectivity index (χ2v) is 7.17. The maximum atomic E-state index is 12.1. The molecule has 1 aliphatic rings. The Morgan fingerprint density at radius 3 is 2.63 bits per heavy atom. The number of thioether (sulfide) groups is 1. The van der Waals surface area contributed by atoms with Crippen LogP contribution >= 0.6 is 11.8 Å². The topological polar surface area (TPSA) is 88.0 Å². The average molecular weight is 381 g/mol. The van der Waals surface area contributed by atoms with Crippen molar-refractivity contribution in [3.8, 4) is 5.82 Å². The summed E-state index contributed by atoms with van der Waals surface area (Å²) < 4.78 is 1.66. The zero-order valence-corrected chi connectivity index (χ0v) is 15.4. The van der Waals surface area contributed by atoms with E-state index in [-0.39, 0.29) is 6.03 Å². The van der Waals surface area contributed by atoms with Gasteiger partial charge in [-0.05, 0) is 12.1 Å². The van der Waals surface area contributed by atoms with Crippen LogP contribution in [0.5, 0.6) is 0 Å². The molecule has 0 bridgehead atoms. The van der Waals surface area contributed by atoms with Crippen LogP contribution < -0.4 is 15.5 Å². The summed E-state index contributed by atoms with van der Waals surface area (Å²) in [6.45, 7) is 1.91. The number of rotatable bonds is 4. The second-order valence-electron chi connectivity index (χ2n) is 5.95. The molecule has 9 heteroatoms. The molecule has 138 valence electrons. The van der Waals surface area contributed by atoms with E-state index >= 15 is 0 Å². The van der Waals surface area contributed by atoms with Gasteiger partial charge in [0.2, 0.25) is 0 Å². The van der Waals surface area contributed by atoms with Crippen molar-refractivity contribution in [3.05, 3.63) is 55.2 Å². The lowest BCUT2D eigenvalue weighted by Crippen LogP contribution is -2.33. The molecule has 2 N–H and O–H groups in total. The minimum Gasteiger partial charge on any atom is -0.366 e. The molecular weight excluding hydrogens is 362 g/mol. The smallest absolute Gasteiger partial charge is 0.323 e. The van der Waals surface area contributed by atoms with E-state index in [1.54, 1.807) is 17.1 Å². The van der Waals surface area contributed by atoms with Crippen LogP contribution in [0.25, 0.3) is 5.82 Å². The van der Waals surface area contributed by atoms with Crippen molar-refractivity contribution >= 4 is 34.9 Å². The number of urea groups is 1. The summed E-state index contributed by atoms with van der Waals surface area (Å²) in [5, 5.41) is 9.92. The fourth-order valence-electron chi connectivity index (χ4n) is 2.84. The monoisotopic (exact) mass is 381 g/mol. The number of aromatic nitrogens is 4. The summed E-state index contributed by atoms with van der Waals surface area (Å²) in [7, 11) is 0. The van der Waals surface area contributed by atoms with E-state index in [1.807, 2.05) is 48.3 Å². The largest absolute Gasteiger partial charge is 0.366 e. The van der Waals surface area contributed by atoms with Gasteiger partial charge in [0.25, 0.3) is 0 Å². The normalized spacial score (nSPS) is 14.0. The molecule has 2 amide bonds. The summed E-state index contributed by atoms with van der Waals surface area (Å²) >= 11 is 1.95. The van der Waals surface area contributed by atoms with Crippen molar-refractivity contribution in [2.24, 2.45) is 0 Å². The van der Waals surface area contributed by atoms with Gasteiger partial charge in [-0.2, -0.15) is 16.9 Å². The van der Waals surface area contributed by atoms with Crippen LogP contribution in [-0.4, -0.2) is 50.4 Å². The molecule has 0 unspecified atom stereocenters. The Kier molecular flexibility index (Phi) is 5.20. The standard InChI is InChI=1S/C18H19N7OS/c26-18(22-14-4-2-1-3-5-14)23-15-10-21-25(12-15)17-16(11-19-13-20-17)24-6-8-27-9-7-24/h1-5,10-13H,6-9H2,(H2,22,23,26). The molecule has 3 heterocycles. The zero-order valence-electron chi connectivity index (χ0n) is 14.6. The van der Waals surface area contributed by atoms with Crippen LogP contribution in [0.2, 0.25) is 0 Å². The lowest BCUT2D eigenvalue weighted by Gasteiger charge is -2.29. The Bertz CT molecular complexity index is 909. The van der Waals surface area contributed by atoms with Crippen LogP contribution in [-0.2, 0) is 0 Å². The van der Waals surface area contributed by atoms with E-state index in [0.717, 1.165) is 36.0 Å². The van der Waals surface area contributed by atoms with Crippen LogP contribution in [0.15, 0.2) is 55.2 Å². The molecule has 8 nitrogen and oxygen atoms in total. The van der Waals surface area contributed by atoms with Gasteiger partial charge in [0, 0.05) is 30.3 Å². The summed E-state index contributed by atoms with van der Waals surface area (Å²) in [5.41, 5.74) is 2.26. The SMILES string of the molecule is O=C(Nc1ccccc1)Nc1cnn(-c2ncncc2N2CCSCC2)c1. The number of carbonyl (C=O) groups excluding carboxylic acids is 1. The molecule has 0 atom stereocenters. The van der Waals surface area contributed by atoms with Crippen LogP contribution in [0, 0.1) is 0 Å². The van der Waals surface area contributed by atoms with Crippen molar-refractivity contribution in [2.45, 2.75) is 0 Å². The summed E-state index contributed by atoms with van der Waals surface area (Å²) in [5.74, 6) is 2.87. The predicted octanol–water partition coefficient (Wildman–Crippen LogP) is 2.86. The zero-order chi connectivity index (χ0) is 18.5. The number of amides is 2. The molecule has 1 fully saturated rings. The molecule has 2 aromatic heterocycles. The number of para-hydroxylation sites is 1. The molecule has 0 radical (unpaired) electrons. The van der Waals surface area contributed by atoms with Gasteiger partial charge < -0.3 is 15.5 Å². The van der Waals surface area contributed by atoms with Gasteiger partial charge in [0.1, 0.15) is 12.0 Å². The third-order valence-electron chi connectivity index (χ3n) is 4.11. The number of nitrogens with one attached hydrogen (secondary N) is 2. The fraction of sp³-hybridized carbons (Fsp3) is 0.222. The van der Waals surface area contributed by atoms with Gasteiger partial charge in [-0.15, -0.1) is 0 Å². The minimum atomic E-state index is -0.322. The van der Waals surface area contributed by atoms with Crippen molar-refractivity contribution in [1.29, 1.82) is 0 Å². The first kappa shape index (κ1) is 17.3. The molecule has 0 aliphatic carbocycles. The Labute approximate surface area is 161 Å². The van der Waals surface area contributed by atoms with Gasteiger partial charge in [0.15, 0.2) is 5.82 Å². The Balaban J connectivity index is 1.49. The summed E-state index contributed by atoms with van der Waals surface area (Å²) in [6.07, 6.45) is 6.67. The molecule has 1 saturated heterocycles. The molecule has 4 rings (SSSR count). The van der Waals surface area contributed by atoms with E-state index in [9.17, 15) is 4.79 Å². The lowest BCUT2D eigenvalue weighted by atomic mass is 10.3. The van der Waals surface area contributed by atoms with Crippen molar-refractivity contribution in [1.82, 2.24) is 19.7 Å². The number of hydrogen-bond acceptors (Lipinski definition) is 6. The molecule has 27 heavy (non-hydrogen) atoms. The second kappa shape index (κ2) is 8.09. The maximum Gasteiger partial charge on any atom is 0.323 e. The highest BCUT2D eigenvalue weighted by atomic mass is 32.2. The number of benzene rings is 1. The van der Waals surface area contributed by atoms with Crippen LogP contribution in [0.1, 0.15) is 0 Å². The van der Waals surface area contributed by atoms with E-state index in [0.29, 0.717) is 11.5 Å². The van der Waals surface area contributed by atoms with E-state index in [1.165, 1.54) is 6.33 Å².